The van der Waals surface area contributed by atoms with Crippen molar-refractivity contribution in [3.63, 3.8) is 0 Å². The molecular formula is C23H24N6O2. The maximum Gasteiger partial charge on any atom is 0.239 e. The molecule has 3 aromatic rings. The van der Waals surface area contributed by atoms with Crippen molar-refractivity contribution in [2.24, 2.45) is 5.73 Å². The number of nitrogens with two attached hydrogens (primary N) is 1. The van der Waals surface area contributed by atoms with E-state index in [0.29, 0.717) is 32.4 Å². The molecule has 1 aromatic carbocycles. The summed E-state index contributed by atoms with van der Waals surface area (Å²) in [6, 6.07) is 9.37. The van der Waals surface area contributed by atoms with Crippen LogP contribution in [0.2, 0.25) is 0 Å². The van der Waals surface area contributed by atoms with Crippen LogP contribution in [0.5, 0.6) is 0 Å². The van der Waals surface area contributed by atoms with Crippen LogP contribution in [0.3, 0.4) is 0 Å². The van der Waals surface area contributed by atoms with Gasteiger partial charge in [-0.05, 0) is 53.8 Å². The van der Waals surface area contributed by atoms with Crippen LogP contribution in [-0.2, 0) is 21.4 Å². The number of piperidine rings is 1. The molecular weight excluding hydrogens is 392 g/mol. The van der Waals surface area contributed by atoms with Crippen LogP contribution < -0.4 is 11.1 Å². The second-order valence-corrected chi connectivity index (χ2v) is 8.25. The second kappa shape index (κ2) is 7.63. The number of aromatic amines is 1. The van der Waals surface area contributed by atoms with Crippen molar-refractivity contribution in [2.45, 2.75) is 30.7 Å². The monoisotopic (exact) mass is 416 g/mol. The first-order chi connectivity index (χ1) is 15.1. The lowest BCUT2D eigenvalue weighted by Crippen LogP contribution is -2.52. The van der Waals surface area contributed by atoms with Gasteiger partial charge in [0.15, 0.2) is 0 Å². The molecule has 158 valence electrons. The molecule has 0 bridgehead atoms. The van der Waals surface area contributed by atoms with E-state index in [1.54, 1.807) is 29.8 Å². The minimum Gasteiger partial charge on any atom is -0.348 e. The third kappa shape index (κ3) is 3.38. The first-order valence-electron chi connectivity index (χ1n) is 10.4. The summed E-state index contributed by atoms with van der Waals surface area (Å²) in [6.07, 6.45) is 8.35. The number of carbonyl (C=O) groups excluding carboxylic acids is 2. The lowest BCUT2D eigenvalue weighted by atomic mass is 9.73. The van der Waals surface area contributed by atoms with Gasteiger partial charge in [-0.1, -0.05) is 6.07 Å². The fourth-order valence-electron chi connectivity index (χ4n) is 4.70. The molecule has 31 heavy (non-hydrogen) atoms. The van der Waals surface area contributed by atoms with Crippen molar-refractivity contribution >= 4 is 17.5 Å². The minimum atomic E-state index is -0.627. The van der Waals surface area contributed by atoms with Crippen LogP contribution in [0.1, 0.15) is 24.1 Å². The molecule has 4 N–H and O–H groups in total. The molecule has 1 saturated heterocycles. The maximum absolute atomic E-state index is 13.0. The van der Waals surface area contributed by atoms with E-state index < -0.39 is 11.5 Å². The number of benzene rings is 1. The molecule has 0 unspecified atom stereocenters. The summed E-state index contributed by atoms with van der Waals surface area (Å²) in [7, 11) is 0. The first kappa shape index (κ1) is 19.4. The van der Waals surface area contributed by atoms with Gasteiger partial charge in [0.05, 0.1) is 17.8 Å². The number of anilines is 1. The Kier molecular flexibility index (Phi) is 4.78. The van der Waals surface area contributed by atoms with Crippen LogP contribution in [0.15, 0.2) is 55.2 Å². The molecule has 2 aromatic heterocycles. The first-order valence-corrected chi connectivity index (χ1v) is 10.4. The van der Waals surface area contributed by atoms with Crippen LogP contribution in [-0.4, -0.2) is 50.8 Å². The number of likely N-dealkylation sites (tertiary alicyclic amines) is 1. The molecule has 8 nitrogen and oxygen atoms in total. The van der Waals surface area contributed by atoms with Crippen molar-refractivity contribution in [3.05, 3.63) is 66.5 Å². The molecule has 1 atom stereocenters. The third-order valence-electron chi connectivity index (χ3n) is 6.47. The Labute approximate surface area is 179 Å². The van der Waals surface area contributed by atoms with Crippen LogP contribution >= 0.6 is 0 Å². The standard InChI is InChI=1S/C23H24N6O2/c24-19(12-17-13-26-14-27-17)21(30)29-9-5-23(6-10-29)18-11-16(15-3-7-25-8-4-15)1-2-20(18)28-22(23)31/h1-4,7-8,11,13-14,19H,5-6,9-10,12,24H2,(H,26,27)(H,28,31)/t19-/m0/s1. The Morgan fingerprint density at radius 3 is 2.61 bits per heavy atom. The van der Waals surface area contributed by atoms with E-state index >= 15 is 0 Å². The Balaban J connectivity index is 1.34. The number of fused-ring (bicyclic) bond motifs is 2. The van der Waals surface area contributed by atoms with Crippen LogP contribution in [0, 0.1) is 0 Å². The fourth-order valence-corrected chi connectivity index (χ4v) is 4.70. The van der Waals surface area contributed by atoms with E-state index in [1.165, 1.54) is 0 Å². The zero-order chi connectivity index (χ0) is 21.4. The Bertz CT molecular complexity index is 1100. The van der Waals surface area contributed by atoms with E-state index in [4.69, 9.17) is 5.73 Å². The summed E-state index contributed by atoms with van der Waals surface area (Å²) in [4.78, 5) is 38.7. The van der Waals surface area contributed by atoms with Crippen molar-refractivity contribution in [3.8, 4) is 11.1 Å². The normalized spacial score (nSPS) is 18.0. The van der Waals surface area contributed by atoms with Gasteiger partial charge in [-0.15, -0.1) is 0 Å². The minimum absolute atomic E-state index is 0.0169. The number of rotatable bonds is 4. The van der Waals surface area contributed by atoms with Crippen LogP contribution in [0.25, 0.3) is 11.1 Å². The highest BCUT2D eigenvalue weighted by molar-refractivity contribution is 6.07. The number of hydrogen-bond donors (Lipinski definition) is 3. The van der Waals surface area contributed by atoms with Gasteiger partial charge in [0, 0.05) is 49.5 Å². The summed E-state index contributed by atoms with van der Waals surface area (Å²) < 4.78 is 0. The van der Waals surface area contributed by atoms with Gasteiger partial charge in [0.2, 0.25) is 11.8 Å². The molecule has 0 aliphatic carbocycles. The molecule has 4 heterocycles. The molecule has 8 heteroatoms. The largest absolute Gasteiger partial charge is 0.348 e. The third-order valence-corrected chi connectivity index (χ3v) is 6.47. The average molecular weight is 416 g/mol. The molecule has 1 spiro atoms. The summed E-state index contributed by atoms with van der Waals surface area (Å²) in [5.74, 6) is -0.0724. The van der Waals surface area contributed by atoms with Gasteiger partial charge in [-0.3, -0.25) is 14.6 Å². The molecule has 2 amide bonds. The smallest absolute Gasteiger partial charge is 0.239 e. The van der Waals surface area contributed by atoms with Crippen molar-refractivity contribution in [2.75, 3.05) is 18.4 Å². The predicted octanol–water partition coefficient (Wildman–Crippen LogP) is 1.85. The Morgan fingerprint density at radius 1 is 1.13 bits per heavy atom. The van der Waals surface area contributed by atoms with Gasteiger partial charge in [0.25, 0.3) is 0 Å². The molecule has 0 radical (unpaired) electrons. The zero-order valence-electron chi connectivity index (χ0n) is 17.0. The van der Waals surface area contributed by atoms with Gasteiger partial charge in [0.1, 0.15) is 0 Å². The second-order valence-electron chi connectivity index (χ2n) is 8.25. The molecule has 0 saturated carbocycles. The predicted molar refractivity (Wildman–Crippen MR) is 116 cm³/mol. The zero-order valence-corrected chi connectivity index (χ0v) is 17.0. The number of amides is 2. The summed E-state index contributed by atoms with van der Waals surface area (Å²) in [5, 5.41) is 3.04. The lowest BCUT2D eigenvalue weighted by Gasteiger charge is -2.39. The molecule has 2 aliphatic rings. The molecule has 1 fully saturated rings. The topological polar surface area (TPSA) is 117 Å². The number of carbonyl (C=O) groups is 2. The van der Waals surface area contributed by atoms with Crippen LogP contribution in [0.4, 0.5) is 5.69 Å². The Hall–Kier alpha value is -3.52. The summed E-state index contributed by atoms with van der Waals surface area (Å²) in [5.41, 5.74) is 10.4. The van der Waals surface area contributed by atoms with E-state index in [1.807, 2.05) is 24.3 Å². The number of pyridine rings is 1. The van der Waals surface area contributed by atoms with Gasteiger partial charge < -0.3 is 20.9 Å². The van der Waals surface area contributed by atoms with E-state index in [-0.39, 0.29) is 11.8 Å². The Morgan fingerprint density at radius 2 is 1.90 bits per heavy atom. The SMILES string of the molecule is N[C@@H](Cc1cnc[nH]1)C(=O)N1CCC2(CC1)C(=O)Nc1ccc(-c3ccncc3)cc12. The van der Waals surface area contributed by atoms with Gasteiger partial charge in [-0.25, -0.2) is 4.98 Å². The number of aromatic nitrogens is 3. The van der Waals surface area contributed by atoms with Crippen molar-refractivity contribution < 1.29 is 9.59 Å². The highest BCUT2D eigenvalue weighted by Crippen LogP contribution is 2.46. The maximum atomic E-state index is 13.0. The quantitative estimate of drug-likeness (QED) is 0.600. The molecule has 2 aliphatic heterocycles. The highest BCUT2D eigenvalue weighted by Gasteiger charge is 2.49. The fraction of sp³-hybridized carbons (Fsp3) is 0.304. The summed E-state index contributed by atoms with van der Waals surface area (Å²) in [6.45, 7) is 1.00. The number of H-pyrrole nitrogens is 1. The van der Waals surface area contributed by atoms with Crippen molar-refractivity contribution in [1.82, 2.24) is 19.9 Å². The van der Waals surface area contributed by atoms with E-state index in [2.05, 4.69) is 26.3 Å². The highest BCUT2D eigenvalue weighted by atomic mass is 16.2. The van der Waals surface area contributed by atoms with Gasteiger partial charge >= 0.3 is 0 Å². The number of hydrogen-bond acceptors (Lipinski definition) is 5. The van der Waals surface area contributed by atoms with E-state index in [0.717, 1.165) is 28.1 Å². The summed E-state index contributed by atoms with van der Waals surface area (Å²) >= 11 is 0. The molecule has 5 rings (SSSR count). The van der Waals surface area contributed by atoms with Crippen molar-refractivity contribution in [1.29, 1.82) is 0 Å². The number of nitrogens with zero attached hydrogens (tertiary/aromatic N) is 3. The van der Waals surface area contributed by atoms with Gasteiger partial charge in [-0.2, -0.15) is 0 Å². The lowest BCUT2D eigenvalue weighted by molar-refractivity contribution is -0.136. The van der Waals surface area contributed by atoms with E-state index in [9.17, 15) is 9.59 Å². The number of imidazole rings is 1. The number of nitrogens with one attached hydrogen (secondary N) is 2. The average Bonchev–Trinajstić information content (AvgIpc) is 3.41.